The summed E-state index contributed by atoms with van der Waals surface area (Å²) in [6.45, 7) is 1.98. The number of aliphatic carboxylic acids is 1. The van der Waals surface area contributed by atoms with E-state index >= 15 is 0 Å². The highest BCUT2D eigenvalue weighted by Crippen LogP contribution is 2.42. The minimum absolute atomic E-state index is 0.0759. The lowest BCUT2D eigenvalue weighted by molar-refractivity contribution is -0.146. The highest BCUT2D eigenvalue weighted by Gasteiger charge is 2.55. The van der Waals surface area contributed by atoms with Crippen LogP contribution in [0.2, 0.25) is 0 Å². The largest absolute Gasteiger partial charge is 0.481 e. The van der Waals surface area contributed by atoms with E-state index in [1.165, 1.54) is 0 Å². The number of carboxylic acid groups (broad SMARTS) is 2. The first-order valence-corrected chi connectivity index (χ1v) is 8.37. The summed E-state index contributed by atoms with van der Waals surface area (Å²) < 4.78 is 0. The van der Waals surface area contributed by atoms with Gasteiger partial charge in [0.05, 0.1) is 17.0 Å². The molecule has 0 aliphatic carbocycles. The monoisotopic (exact) mass is 346 g/mol. The van der Waals surface area contributed by atoms with Gasteiger partial charge < -0.3 is 15.1 Å². The number of likely N-dealkylation sites (tertiary alicyclic amines) is 2. The fourth-order valence-electron chi connectivity index (χ4n) is 4.14. The van der Waals surface area contributed by atoms with E-state index in [0.717, 1.165) is 5.56 Å². The Morgan fingerprint density at radius 1 is 1.24 bits per heavy atom. The lowest BCUT2D eigenvalue weighted by atomic mass is 9.77. The molecule has 2 saturated heterocycles. The van der Waals surface area contributed by atoms with E-state index in [2.05, 4.69) is 4.90 Å². The van der Waals surface area contributed by atoms with E-state index in [1.54, 1.807) is 30.1 Å². The second-order valence-electron chi connectivity index (χ2n) is 6.93. The fourth-order valence-corrected chi connectivity index (χ4v) is 4.14. The molecule has 1 spiro atoms. The first-order valence-electron chi connectivity index (χ1n) is 8.37. The van der Waals surface area contributed by atoms with Gasteiger partial charge in [-0.15, -0.1) is 0 Å². The van der Waals surface area contributed by atoms with Gasteiger partial charge in [0.15, 0.2) is 0 Å². The zero-order chi connectivity index (χ0) is 18.2. The summed E-state index contributed by atoms with van der Waals surface area (Å²) in [4.78, 5) is 38.5. The van der Waals surface area contributed by atoms with Crippen molar-refractivity contribution >= 4 is 17.8 Å². The first-order chi connectivity index (χ1) is 11.8. The second-order valence-corrected chi connectivity index (χ2v) is 6.93. The number of hydrogen-bond acceptors (Lipinski definition) is 4. The average Bonchev–Trinajstić information content (AvgIpc) is 2.83. The van der Waals surface area contributed by atoms with Gasteiger partial charge in [0.1, 0.15) is 0 Å². The third-order valence-corrected chi connectivity index (χ3v) is 5.67. The molecule has 2 aliphatic heterocycles. The Bertz CT molecular complexity index is 709. The van der Waals surface area contributed by atoms with Gasteiger partial charge in [-0.1, -0.05) is 12.1 Å². The summed E-state index contributed by atoms with van der Waals surface area (Å²) in [5.74, 6) is -2.60. The van der Waals surface area contributed by atoms with Gasteiger partial charge >= 0.3 is 11.9 Å². The third-order valence-electron chi connectivity index (χ3n) is 5.67. The zero-order valence-electron chi connectivity index (χ0n) is 14.1. The summed E-state index contributed by atoms with van der Waals surface area (Å²) in [5.41, 5.74) is 0.585. The van der Waals surface area contributed by atoms with Crippen molar-refractivity contribution in [2.24, 2.45) is 5.92 Å². The molecule has 1 atom stereocenters. The van der Waals surface area contributed by atoms with Crippen LogP contribution in [0.25, 0.3) is 0 Å². The maximum absolute atomic E-state index is 12.0. The molecular formula is C18H22N2O5. The molecule has 134 valence electrons. The number of hydrogen-bond donors (Lipinski definition) is 2. The quantitative estimate of drug-likeness (QED) is 0.852. The number of carbonyl (C=O) groups is 3. The van der Waals surface area contributed by atoms with Gasteiger partial charge in [0.2, 0.25) is 5.91 Å². The number of rotatable bonds is 4. The second kappa shape index (κ2) is 6.48. The van der Waals surface area contributed by atoms with E-state index in [4.69, 9.17) is 5.11 Å². The Labute approximate surface area is 145 Å². The highest BCUT2D eigenvalue weighted by molar-refractivity contribution is 5.88. The van der Waals surface area contributed by atoms with E-state index in [1.807, 2.05) is 6.07 Å². The van der Waals surface area contributed by atoms with Crippen LogP contribution >= 0.6 is 0 Å². The van der Waals surface area contributed by atoms with Crippen LogP contribution in [0.4, 0.5) is 0 Å². The molecule has 7 heteroatoms. The third kappa shape index (κ3) is 3.11. The van der Waals surface area contributed by atoms with Crippen molar-refractivity contribution < 1.29 is 24.6 Å². The fraction of sp³-hybridized carbons (Fsp3) is 0.500. The molecule has 0 aromatic heterocycles. The van der Waals surface area contributed by atoms with Crippen molar-refractivity contribution in [1.29, 1.82) is 0 Å². The molecule has 2 fully saturated rings. The summed E-state index contributed by atoms with van der Waals surface area (Å²) in [7, 11) is 1.71. The average molecular weight is 346 g/mol. The van der Waals surface area contributed by atoms with Gasteiger partial charge in [0, 0.05) is 33.1 Å². The van der Waals surface area contributed by atoms with Crippen LogP contribution in [-0.2, 0) is 16.1 Å². The molecule has 3 rings (SSSR count). The van der Waals surface area contributed by atoms with Crippen molar-refractivity contribution in [2.45, 2.75) is 31.3 Å². The van der Waals surface area contributed by atoms with Crippen molar-refractivity contribution in [3.05, 3.63) is 35.4 Å². The normalized spacial score (nSPS) is 23.2. The molecular weight excluding hydrogens is 324 g/mol. The molecule has 0 radical (unpaired) electrons. The molecule has 0 saturated carbocycles. The molecule has 1 amide bonds. The van der Waals surface area contributed by atoms with Gasteiger partial charge in [-0.2, -0.15) is 0 Å². The van der Waals surface area contributed by atoms with Crippen LogP contribution in [0.3, 0.4) is 0 Å². The molecule has 25 heavy (non-hydrogen) atoms. The minimum atomic E-state index is -0.949. The van der Waals surface area contributed by atoms with Crippen LogP contribution < -0.4 is 0 Å². The first kappa shape index (κ1) is 17.4. The van der Waals surface area contributed by atoms with Crippen LogP contribution in [-0.4, -0.2) is 63.5 Å². The van der Waals surface area contributed by atoms with Gasteiger partial charge in [0.25, 0.3) is 0 Å². The van der Waals surface area contributed by atoms with E-state index in [-0.39, 0.29) is 17.9 Å². The topological polar surface area (TPSA) is 98.2 Å². The van der Waals surface area contributed by atoms with E-state index < -0.39 is 23.4 Å². The molecule has 2 N–H and O–H groups in total. The zero-order valence-corrected chi connectivity index (χ0v) is 14.1. The van der Waals surface area contributed by atoms with Crippen molar-refractivity contribution in [1.82, 2.24) is 9.80 Å². The van der Waals surface area contributed by atoms with Gasteiger partial charge in [-0.05, 0) is 30.5 Å². The molecule has 7 nitrogen and oxygen atoms in total. The van der Waals surface area contributed by atoms with Crippen LogP contribution in [0.1, 0.15) is 35.2 Å². The number of benzene rings is 1. The van der Waals surface area contributed by atoms with Crippen LogP contribution in [0.5, 0.6) is 0 Å². The Kier molecular flexibility index (Phi) is 4.51. The Morgan fingerprint density at radius 3 is 2.52 bits per heavy atom. The summed E-state index contributed by atoms with van der Waals surface area (Å²) in [6, 6.07) is 6.85. The number of piperidine rings is 1. The predicted molar refractivity (Wildman–Crippen MR) is 89.2 cm³/mol. The Balaban J connectivity index is 1.69. The number of carbonyl (C=O) groups excluding carboxylic acids is 1. The Morgan fingerprint density at radius 2 is 1.92 bits per heavy atom. The van der Waals surface area contributed by atoms with Crippen LogP contribution in [0, 0.1) is 5.92 Å². The van der Waals surface area contributed by atoms with Crippen LogP contribution in [0.15, 0.2) is 24.3 Å². The van der Waals surface area contributed by atoms with Gasteiger partial charge in [-0.3, -0.25) is 14.5 Å². The molecule has 1 aromatic rings. The van der Waals surface area contributed by atoms with Crippen molar-refractivity contribution in [3.63, 3.8) is 0 Å². The predicted octanol–water partition coefficient (Wildman–Crippen LogP) is 1.28. The lowest BCUT2D eigenvalue weighted by Crippen LogP contribution is -2.55. The number of amides is 1. The molecule has 1 aromatic carbocycles. The number of nitrogens with zero attached hydrogens (tertiary/aromatic N) is 2. The van der Waals surface area contributed by atoms with Gasteiger partial charge in [-0.25, -0.2) is 4.79 Å². The highest BCUT2D eigenvalue weighted by atomic mass is 16.4. The standard InChI is InChI=1S/C18H22N2O5/c1-19-15(21)10-14(17(24)25)18(19)5-7-20(8-6-18)11-12-3-2-4-13(9-12)16(22)23/h2-4,9,14H,5-8,10-11H2,1H3,(H,22,23)(H,24,25)/t14-/m0/s1. The summed E-state index contributed by atoms with van der Waals surface area (Å²) in [6.07, 6.45) is 1.31. The summed E-state index contributed by atoms with van der Waals surface area (Å²) >= 11 is 0. The molecule has 0 unspecified atom stereocenters. The number of carboxylic acids is 2. The Hall–Kier alpha value is -2.41. The van der Waals surface area contributed by atoms with Crippen molar-refractivity contribution in [3.8, 4) is 0 Å². The minimum Gasteiger partial charge on any atom is -0.481 e. The number of aromatic carboxylic acids is 1. The molecule has 2 aliphatic rings. The summed E-state index contributed by atoms with van der Waals surface area (Å²) in [5, 5.41) is 18.6. The maximum Gasteiger partial charge on any atom is 0.335 e. The SMILES string of the molecule is CN1C(=O)C[C@@H](C(=O)O)C12CCN(Cc1cccc(C(=O)O)c1)CC2. The smallest absolute Gasteiger partial charge is 0.335 e. The van der Waals surface area contributed by atoms with E-state index in [0.29, 0.717) is 32.5 Å². The molecule has 2 heterocycles. The van der Waals surface area contributed by atoms with Crippen molar-refractivity contribution in [2.75, 3.05) is 20.1 Å². The molecule has 0 bridgehead atoms. The maximum atomic E-state index is 12.0. The van der Waals surface area contributed by atoms with E-state index in [9.17, 15) is 19.5 Å². The lowest BCUT2D eigenvalue weighted by Gasteiger charge is -2.45.